The molecule has 2 aromatic carbocycles. The minimum atomic E-state index is -0.811. The van der Waals surface area contributed by atoms with Crippen LogP contribution in [0.1, 0.15) is 23.2 Å². The second kappa shape index (κ2) is 9.50. The smallest absolute Gasteiger partial charge is 0.256 e. The number of methoxy groups -OCH3 is 1. The highest BCUT2D eigenvalue weighted by Gasteiger charge is 2.39. The van der Waals surface area contributed by atoms with Gasteiger partial charge in [-0.3, -0.25) is 9.59 Å². The van der Waals surface area contributed by atoms with Crippen LogP contribution in [-0.2, 0) is 9.53 Å². The maximum Gasteiger partial charge on any atom is 0.256 e. The molecule has 0 spiro atoms. The van der Waals surface area contributed by atoms with E-state index in [1.54, 1.807) is 43.5 Å². The van der Waals surface area contributed by atoms with Crippen molar-refractivity contribution in [2.45, 2.75) is 18.4 Å². The maximum absolute atomic E-state index is 12.7. The summed E-state index contributed by atoms with van der Waals surface area (Å²) in [6, 6.07) is 16.1. The summed E-state index contributed by atoms with van der Waals surface area (Å²) in [6.07, 6.45) is 1.25. The summed E-state index contributed by atoms with van der Waals surface area (Å²) in [7, 11) is 1.57. The van der Waals surface area contributed by atoms with Crippen LogP contribution in [0.25, 0.3) is 0 Å². The lowest BCUT2D eigenvalue weighted by Crippen LogP contribution is -2.51. The van der Waals surface area contributed by atoms with Gasteiger partial charge in [0.15, 0.2) is 0 Å². The first-order valence-electron chi connectivity index (χ1n) is 8.67. The van der Waals surface area contributed by atoms with Crippen molar-refractivity contribution in [1.82, 2.24) is 5.32 Å². The van der Waals surface area contributed by atoms with Crippen molar-refractivity contribution in [1.29, 1.82) is 0 Å². The highest BCUT2D eigenvalue weighted by Crippen LogP contribution is 2.25. The predicted octanol–water partition coefficient (Wildman–Crippen LogP) is 3.07. The first-order valence-corrected chi connectivity index (χ1v) is 8.67. The summed E-state index contributed by atoms with van der Waals surface area (Å²) >= 11 is 0. The second-order valence-corrected chi connectivity index (χ2v) is 6.30. The number of rotatable bonds is 5. The molecule has 6 nitrogen and oxygen atoms in total. The van der Waals surface area contributed by atoms with Gasteiger partial charge in [0, 0.05) is 24.0 Å². The van der Waals surface area contributed by atoms with E-state index in [0.29, 0.717) is 29.8 Å². The summed E-state index contributed by atoms with van der Waals surface area (Å²) < 4.78 is 5.54. The molecule has 0 saturated carbocycles. The number of nitrogens with one attached hydrogen (secondary N) is 3. The van der Waals surface area contributed by atoms with Crippen LogP contribution in [-0.4, -0.2) is 37.6 Å². The van der Waals surface area contributed by atoms with Crippen LogP contribution in [0.4, 0.5) is 11.4 Å². The van der Waals surface area contributed by atoms with Gasteiger partial charge in [-0.25, -0.2) is 0 Å². The number of carbonyl (C=O) groups excluding carboxylic acids is 2. The lowest BCUT2D eigenvalue weighted by atomic mass is 9.91. The van der Waals surface area contributed by atoms with Gasteiger partial charge in [0.25, 0.3) is 11.8 Å². The number of carbonyl (C=O) groups is 2. The molecule has 1 saturated heterocycles. The largest absolute Gasteiger partial charge is 0.368 e. The zero-order valence-corrected chi connectivity index (χ0v) is 16.0. The number of piperidine rings is 1. The van der Waals surface area contributed by atoms with Gasteiger partial charge in [-0.2, -0.15) is 0 Å². The monoisotopic (exact) mass is 389 g/mol. The molecule has 2 aromatic rings. The van der Waals surface area contributed by atoms with Crippen LogP contribution in [0.5, 0.6) is 0 Å². The molecule has 3 rings (SSSR count). The molecule has 1 fully saturated rings. The molecule has 1 aliphatic rings. The molecular formula is C20H24ClN3O3. The Morgan fingerprint density at radius 2 is 1.59 bits per heavy atom. The minimum absolute atomic E-state index is 0. The molecule has 0 unspecified atom stereocenters. The average molecular weight is 390 g/mol. The van der Waals surface area contributed by atoms with Crippen molar-refractivity contribution in [3.05, 3.63) is 60.2 Å². The summed E-state index contributed by atoms with van der Waals surface area (Å²) in [4.78, 5) is 25.0. The van der Waals surface area contributed by atoms with E-state index < -0.39 is 5.60 Å². The second-order valence-electron chi connectivity index (χ2n) is 6.30. The molecule has 0 radical (unpaired) electrons. The summed E-state index contributed by atoms with van der Waals surface area (Å²) in [6.45, 7) is 1.49. The van der Waals surface area contributed by atoms with Gasteiger partial charge >= 0.3 is 0 Å². The Morgan fingerprint density at radius 3 is 2.22 bits per heavy atom. The molecule has 2 amide bonds. The van der Waals surface area contributed by atoms with E-state index in [4.69, 9.17) is 4.74 Å². The number of anilines is 2. The Morgan fingerprint density at radius 1 is 0.963 bits per heavy atom. The third-order valence-electron chi connectivity index (χ3n) is 4.63. The van der Waals surface area contributed by atoms with Gasteiger partial charge in [0.05, 0.1) is 0 Å². The molecular weight excluding hydrogens is 366 g/mol. The Bertz CT molecular complexity index is 777. The van der Waals surface area contributed by atoms with Crippen LogP contribution >= 0.6 is 12.4 Å². The molecule has 0 aliphatic carbocycles. The molecule has 3 N–H and O–H groups in total. The number of benzene rings is 2. The third-order valence-corrected chi connectivity index (χ3v) is 4.63. The zero-order chi connectivity index (χ0) is 18.4. The topological polar surface area (TPSA) is 79.5 Å². The van der Waals surface area contributed by atoms with Gasteiger partial charge in [-0.15, -0.1) is 12.4 Å². The SMILES string of the molecule is COC1(C(=O)Nc2cccc(NC(=O)c3ccccc3)c2)CCNCC1.Cl. The van der Waals surface area contributed by atoms with Gasteiger partial charge in [-0.1, -0.05) is 24.3 Å². The molecule has 7 heteroatoms. The molecule has 27 heavy (non-hydrogen) atoms. The quantitative estimate of drug-likeness (QED) is 0.734. The van der Waals surface area contributed by atoms with E-state index in [-0.39, 0.29) is 24.2 Å². The Labute approximate surface area is 165 Å². The van der Waals surface area contributed by atoms with Crippen molar-refractivity contribution in [3.63, 3.8) is 0 Å². The number of halogens is 1. The normalized spacial score (nSPS) is 15.3. The van der Waals surface area contributed by atoms with Gasteiger partial charge < -0.3 is 20.7 Å². The van der Waals surface area contributed by atoms with Crippen LogP contribution in [0.3, 0.4) is 0 Å². The van der Waals surface area contributed by atoms with E-state index in [9.17, 15) is 9.59 Å². The van der Waals surface area contributed by atoms with E-state index >= 15 is 0 Å². The zero-order valence-electron chi connectivity index (χ0n) is 15.2. The molecule has 0 bridgehead atoms. The molecule has 1 aliphatic heterocycles. The fourth-order valence-electron chi connectivity index (χ4n) is 3.07. The van der Waals surface area contributed by atoms with Gasteiger partial charge in [-0.05, 0) is 56.3 Å². The molecule has 1 heterocycles. The first-order chi connectivity index (χ1) is 12.6. The standard InChI is InChI=1S/C20H23N3O3.ClH/c1-26-20(10-12-21-13-11-20)19(25)23-17-9-5-8-16(14-17)22-18(24)15-6-3-2-4-7-15;/h2-9,14,21H,10-13H2,1H3,(H,22,24)(H,23,25);1H. The Balaban J connectivity index is 0.00000261. The van der Waals surface area contributed by atoms with E-state index in [1.807, 2.05) is 18.2 Å². The van der Waals surface area contributed by atoms with Crippen molar-refractivity contribution >= 4 is 35.6 Å². The number of hydrogen-bond donors (Lipinski definition) is 3. The van der Waals surface area contributed by atoms with Crippen molar-refractivity contribution in [3.8, 4) is 0 Å². The number of ether oxygens (including phenoxy) is 1. The number of amides is 2. The summed E-state index contributed by atoms with van der Waals surface area (Å²) in [5, 5.41) is 8.99. The van der Waals surface area contributed by atoms with Crippen molar-refractivity contribution < 1.29 is 14.3 Å². The molecule has 0 atom stereocenters. The molecule has 144 valence electrons. The highest BCUT2D eigenvalue weighted by molar-refractivity contribution is 6.05. The fraction of sp³-hybridized carbons (Fsp3) is 0.300. The fourth-order valence-corrected chi connectivity index (χ4v) is 3.07. The lowest BCUT2D eigenvalue weighted by Gasteiger charge is -2.34. The van der Waals surface area contributed by atoms with Crippen LogP contribution < -0.4 is 16.0 Å². The minimum Gasteiger partial charge on any atom is -0.368 e. The van der Waals surface area contributed by atoms with Crippen LogP contribution in [0, 0.1) is 0 Å². The Hall–Kier alpha value is -2.41. The van der Waals surface area contributed by atoms with E-state index in [1.165, 1.54) is 0 Å². The Kier molecular flexibility index (Phi) is 7.36. The highest BCUT2D eigenvalue weighted by atomic mass is 35.5. The summed E-state index contributed by atoms with van der Waals surface area (Å²) in [5.74, 6) is -0.353. The van der Waals surface area contributed by atoms with Gasteiger partial charge in [0.1, 0.15) is 5.60 Å². The molecule has 0 aromatic heterocycles. The maximum atomic E-state index is 12.7. The van der Waals surface area contributed by atoms with E-state index in [0.717, 1.165) is 13.1 Å². The number of hydrogen-bond acceptors (Lipinski definition) is 4. The van der Waals surface area contributed by atoms with Crippen LogP contribution in [0.2, 0.25) is 0 Å². The van der Waals surface area contributed by atoms with Crippen molar-refractivity contribution in [2.24, 2.45) is 0 Å². The summed E-state index contributed by atoms with van der Waals surface area (Å²) in [5.41, 5.74) is 1.01. The average Bonchev–Trinajstić information content (AvgIpc) is 2.69. The van der Waals surface area contributed by atoms with E-state index in [2.05, 4.69) is 16.0 Å². The predicted molar refractivity (Wildman–Crippen MR) is 109 cm³/mol. The van der Waals surface area contributed by atoms with Gasteiger partial charge in [0.2, 0.25) is 0 Å². The van der Waals surface area contributed by atoms with Crippen molar-refractivity contribution in [2.75, 3.05) is 30.8 Å². The first kappa shape index (κ1) is 20.9. The third kappa shape index (κ3) is 5.07. The van der Waals surface area contributed by atoms with Crippen LogP contribution in [0.15, 0.2) is 54.6 Å². The lowest BCUT2D eigenvalue weighted by molar-refractivity contribution is -0.140.